The minimum absolute atomic E-state index is 0.0103. The molecular weight excluding hydrogens is 218 g/mol. The van der Waals surface area contributed by atoms with Crippen LogP contribution in [0.4, 0.5) is 0 Å². The summed E-state index contributed by atoms with van der Waals surface area (Å²) < 4.78 is 0. The van der Waals surface area contributed by atoms with Crippen molar-refractivity contribution in [2.45, 2.75) is 19.8 Å². The highest BCUT2D eigenvalue weighted by molar-refractivity contribution is 5.86. The molecule has 0 spiro atoms. The average Bonchev–Trinajstić information content (AvgIpc) is 2.26. The molecule has 0 saturated carbocycles. The van der Waals surface area contributed by atoms with Crippen LogP contribution < -0.4 is 10.6 Å². The summed E-state index contributed by atoms with van der Waals surface area (Å²) in [6, 6.07) is 5.72. The summed E-state index contributed by atoms with van der Waals surface area (Å²) in [5, 5.41) is 10.2. The topological polar surface area (TPSA) is 66.7 Å². The Balaban J connectivity index is 2.33. The summed E-state index contributed by atoms with van der Waals surface area (Å²) in [6.45, 7) is 1.94. The lowest BCUT2D eigenvalue weighted by molar-refractivity contribution is -0.137. The summed E-state index contributed by atoms with van der Waals surface area (Å²) in [4.78, 5) is 26.2. The molecule has 0 bridgehead atoms. The van der Waals surface area contributed by atoms with Gasteiger partial charge in [0.25, 0.3) is 5.91 Å². The van der Waals surface area contributed by atoms with E-state index in [1.165, 1.54) is 0 Å². The predicted molar refractivity (Wildman–Crippen MR) is 61.8 cm³/mol. The Bertz CT molecular complexity index is 589. The minimum Gasteiger partial charge on any atom is -0.481 e. The number of rotatable bonds is 3. The van der Waals surface area contributed by atoms with Crippen LogP contribution in [0.5, 0.6) is 0 Å². The van der Waals surface area contributed by atoms with Gasteiger partial charge in [-0.25, -0.2) is 4.99 Å². The number of amides is 1. The van der Waals surface area contributed by atoms with E-state index in [9.17, 15) is 9.59 Å². The number of aliphatic carboxylic acids is 1. The molecule has 0 aromatic heterocycles. The summed E-state index contributed by atoms with van der Waals surface area (Å²) in [5.41, 5.74) is 1.05. The molecule has 1 aliphatic rings. The lowest BCUT2D eigenvalue weighted by atomic mass is 9.98. The number of hydrogen-bond acceptors (Lipinski definition) is 2. The molecule has 4 heteroatoms. The van der Waals surface area contributed by atoms with Crippen LogP contribution in [-0.2, 0) is 9.59 Å². The van der Waals surface area contributed by atoms with E-state index in [1.54, 1.807) is 0 Å². The number of carboxylic acids is 1. The van der Waals surface area contributed by atoms with Crippen molar-refractivity contribution in [3.63, 3.8) is 0 Å². The zero-order valence-electron chi connectivity index (χ0n) is 9.51. The SMILES string of the molecule is Cc1ccc2c(c1)=NC(=O)C(CCC(=O)O)C=2. The van der Waals surface area contributed by atoms with Crippen molar-refractivity contribution in [3.05, 3.63) is 34.3 Å². The fourth-order valence-electron chi connectivity index (χ4n) is 1.87. The second kappa shape index (κ2) is 4.49. The fourth-order valence-corrected chi connectivity index (χ4v) is 1.87. The van der Waals surface area contributed by atoms with Gasteiger partial charge in [0.05, 0.1) is 11.3 Å². The molecule has 0 fully saturated rings. The van der Waals surface area contributed by atoms with E-state index in [0.29, 0.717) is 11.8 Å². The number of carboxylic acid groups (broad SMARTS) is 1. The molecule has 4 nitrogen and oxygen atoms in total. The zero-order valence-corrected chi connectivity index (χ0v) is 9.51. The van der Waals surface area contributed by atoms with Gasteiger partial charge in [-0.3, -0.25) is 9.59 Å². The Morgan fingerprint density at radius 2 is 2.24 bits per heavy atom. The Kier molecular flexibility index (Phi) is 3.04. The fraction of sp³-hybridized carbons (Fsp3) is 0.308. The van der Waals surface area contributed by atoms with E-state index in [4.69, 9.17) is 5.11 Å². The maximum atomic E-state index is 11.7. The standard InChI is InChI=1S/C13H13NO3/c1-8-2-3-9-7-10(4-5-12(15)16)13(17)14-11(9)6-8/h2-3,6-7,10H,4-5H2,1H3,(H,15,16). The van der Waals surface area contributed by atoms with E-state index in [2.05, 4.69) is 4.99 Å². The highest BCUT2D eigenvalue weighted by Gasteiger charge is 2.19. The first-order valence-corrected chi connectivity index (χ1v) is 5.49. The van der Waals surface area contributed by atoms with Crippen molar-refractivity contribution < 1.29 is 14.7 Å². The van der Waals surface area contributed by atoms with Crippen LogP contribution in [-0.4, -0.2) is 17.0 Å². The molecule has 0 saturated heterocycles. The molecule has 17 heavy (non-hydrogen) atoms. The lowest BCUT2D eigenvalue weighted by Gasteiger charge is -2.10. The number of carbonyl (C=O) groups is 2. The number of benzene rings is 1. The molecule has 1 amide bonds. The van der Waals surface area contributed by atoms with Gasteiger partial charge in [0.15, 0.2) is 0 Å². The number of fused-ring (bicyclic) bond motifs is 1. The number of aryl methyl sites for hydroxylation is 1. The molecule has 0 radical (unpaired) electrons. The van der Waals surface area contributed by atoms with Crippen LogP contribution in [0.1, 0.15) is 18.4 Å². The van der Waals surface area contributed by atoms with Crippen LogP contribution in [0.2, 0.25) is 0 Å². The molecule has 1 aromatic carbocycles. The molecule has 0 aliphatic carbocycles. The average molecular weight is 231 g/mol. The first-order chi connectivity index (χ1) is 8.06. The second-order valence-corrected chi connectivity index (χ2v) is 4.22. The van der Waals surface area contributed by atoms with E-state index in [-0.39, 0.29) is 12.3 Å². The van der Waals surface area contributed by atoms with Gasteiger partial charge in [-0.05, 0) is 30.2 Å². The van der Waals surface area contributed by atoms with Crippen molar-refractivity contribution in [1.82, 2.24) is 0 Å². The summed E-state index contributed by atoms with van der Waals surface area (Å²) >= 11 is 0. The van der Waals surface area contributed by atoms with Crippen molar-refractivity contribution in [1.29, 1.82) is 0 Å². The van der Waals surface area contributed by atoms with Crippen LogP contribution in [0.3, 0.4) is 0 Å². The van der Waals surface area contributed by atoms with Gasteiger partial charge in [-0.1, -0.05) is 18.2 Å². The van der Waals surface area contributed by atoms with E-state index in [1.807, 2.05) is 31.2 Å². The van der Waals surface area contributed by atoms with Crippen LogP contribution in [0.25, 0.3) is 6.08 Å². The largest absolute Gasteiger partial charge is 0.481 e. The van der Waals surface area contributed by atoms with Crippen LogP contribution >= 0.6 is 0 Å². The molecule has 88 valence electrons. The third-order valence-corrected chi connectivity index (χ3v) is 2.78. The van der Waals surface area contributed by atoms with Gasteiger partial charge in [0.2, 0.25) is 0 Å². The van der Waals surface area contributed by atoms with Gasteiger partial charge in [0.1, 0.15) is 0 Å². The van der Waals surface area contributed by atoms with Crippen molar-refractivity contribution in [2.24, 2.45) is 10.9 Å². The lowest BCUT2D eigenvalue weighted by Crippen LogP contribution is -2.33. The molecule has 1 unspecified atom stereocenters. The van der Waals surface area contributed by atoms with Crippen LogP contribution in [0, 0.1) is 12.8 Å². The maximum Gasteiger partial charge on any atom is 0.303 e. The second-order valence-electron chi connectivity index (χ2n) is 4.22. The van der Waals surface area contributed by atoms with Crippen molar-refractivity contribution in [2.75, 3.05) is 0 Å². The molecule has 1 heterocycles. The Morgan fingerprint density at radius 3 is 2.94 bits per heavy atom. The summed E-state index contributed by atoms with van der Waals surface area (Å²) in [7, 11) is 0. The third-order valence-electron chi connectivity index (χ3n) is 2.78. The normalized spacial score (nSPS) is 17.9. The number of carbonyl (C=O) groups excluding carboxylic acids is 1. The quantitative estimate of drug-likeness (QED) is 0.819. The van der Waals surface area contributed by atoms with Gasteiger partial charge in [-0.2, -0.15) is 0 Å². The van der Waals surface area contributed by atoms with E-state index < -0.39 is 11.9 Å². The highest BCUT2D eigenvalue weighted by atomic mass is 16.4. The first kappa shape index (κ1) is 11.5. The molecule has 1 aliphatic heterocycles. The zero-order chi connectivity index (χ0) is 12.4. The molecule has 1 N–H and O–H groups in total. The number of hydrogen-bond donors (Lipinski definition) is 1. The molecule has 1 aromatic rings. The Labute approximate surface area is 98.3 Å². The number of nitrogens with zero attached hydrogens (tertiary/aromatic N) is 1. The van der Waals surface area contributed by atoms with Crippen LogP contribution in [0.15, 0.2) is 23.2 Å². The smallest absolute Gasteiger partial charge is 0.303 e. The monoisotopic (exact) mass is 231 g/mol. The Hall–Kier alpha value is -1.97. The molecule has 1 atom stereocenters. The first-order valence-electron chi connectivity index (χ1n) is 5.49. The van der Waals surface area contributed by atoms with E-state index >= 15 is 0 Å². The summed E-state index contributed by atoms with van der Waals surface area (Å²) in [6.07, 6.45) is 2.11. The molecule has 2 rings (SSSR count). The summed E-state index contributed by atoms with van der Waals surface area (Å²) in [5.74, 6) is -1.54. The Morgan fingerprint density at radius 1 is 1.47 bits per heavy atom. The maximum absolute atomic E-state index is 11.7. The third kappa shape index (κ3) is 2.58. The van der Waals surface area contributed by atoms with Gasteiger partial charge >= 0.3 is 5.97 Å². The van der Waals surface area contributed by atoms with Crippen molar-refractivity contribution in [3.8, 4) is 0 Å². The van der Waals surface area contributed by atoms with E-state index in [0.717, 1.165) is 10.8 Å². The highest BCUT2D eigenvalue weighted by Crippen LogP contribution is 2.11. The van der Waals surface area contributed by atoms with Gasteiger partial charge in [0, 0.05) is 6.42 Å². The van der Waals surface area contributed by atoms with Gasteiger partial charge < -0.3 is 5.11 Å². The van der Waals surface area contributed by atoms with Gasteiger partial charge in [-0.15, -0.1) is 0 Å². The molecular formula is C13H13NO3. The minimum atomic E-state index is -0.888. The van der Waals surface area contributed by atoms with Crippen molar-refractivity contribution >= 4 is 18.0 Å². The predicted octanol–water partition coefficient (Wildman–Crippen LogP) is 0.416.